The molecule has 1 amide bonds. The van der Waals surface area contributed by atoms with E-state index < -0.39 is 0 Å². The average Bonchev–Trinajstić information content (AvgIpc) is 2.46. The van der Waals surface area contributed by atoms with Crippen molar-refractivity contribution in [2.75, 3.05) is 18.0 Å². The fraction of sp³-hybridized carbons (Fsp3) is 0.562. The zero-order chi connectivity index (χ0) is 14.4. The quantitative estimate of drug-likeness (QED) is 0.818. The Morgan fingerprint density at radius 2 is 2.00 bits per heavy atom. The van der Waals surface area contributed by atoms with E-state index in [2.05, 4.69) is 0 Å². The van der Waals surface area contributed by atoms with Crippen LogP contribution in [-0.4, -0.2) is 19.0 Å². The normalized spacial score (nSPS) is 13.5. The predicted octanol–water partition coefficient (Wildman–Crippen LogP) is 3.44. The molecule has 0 spiro atoms. The van der Waals surface area contributed by atoms with Crippen LogP contribution in [0, 0.1) is 5.82 Å². The molecule has 5 heteroatoms. The number of amides is 1. The maximum absolute atomic E-state index is 13.2. The van der Waals surface area contributed by atoms with Crippen molar-refractivity contribution in [3.05, 3.63) is 29.6 Å². The van der Waals surface area contributed by atoms with Gasteiger partial charge in [0.15, 0.2) is 0 Å². The van der Waals surface area contributed by atoms with Gasteiger partial charge in [0, 0.05) is 18.7 Å². The molecular formula is C16H24ClFN2O. The summed E-state index contributed by atoms with van der Waals surface area (Å²) in [6, 6.07) is 4.72. The Balaban J connectivity index is 0.00000220. The van der Waals surface area contributed by atoms with E-state index in [4.69, 9.17) is 5.73 Å². The van der Waals surface area contributed by atoms with Gasteiger partial charge in [0.25, 0.3) is 0 Å². The second kappa shape index (κ2) is 9.00. The Hall–Kier alpha value is -1.13. The number of carbonyl (C=O) groups excluding carboxylic acids is 1. The number of rotatable bonds is 6. The van der Waals surface area contributed by atoms with Gasteiger partial charge in [0.2, 0.25) is 5.91 Å². The number of fused-ring (bicyclic) bond motifs is 1. The summed E-state index contributed by atoms with van der Waals surface area (Å²) < 4.78 is 13.2. The van der Waals surface area contributed by atoms with E-state index in [1.165, 1.54) is 6.07 Å². The van der Waals surface area contributed by atoms with E-state index in [1.807, 2.05) is 4.90 Å². The molecule has 0 atom stereocenters. The van der Waals surface area contributed by atoms with Crippen LogP contribution in [0.4, 0.5) is 10.1 Å². The summed E-state index contributed by atoms with van der Waals surface area (Å²) >= 11 is 0. The molecule has 0 fully saturated rings. The number of aryl methyl sites for hydroxylation is 1. The molecule has 1 aliphatic heterocycles. The van der Waals surface area contributed by atoms with Crippen LogP contribution < -0.4 is 10.6 Å². The number of hydrogen-bond donors (Lipinski definition) is 1. The van der Waals surface area contributed by atoms with E-state index >= 15 is 0 Å². The van der Waals surface area contributed by atoms with Gasteiger partial charge in [-0.1, -0.05) is 12.8 Å². The van der Waals surface area contributed by atoms with Gasteiger partial charge in [0.1, 0.15) is 5.82 Å². The molecule has 0 saturated heterocycles. The lowest BCUT2D eigenvalue weighted by Gasteiger charge is -2.29. The highest BCUT2D eigenvalue weighted by Crippen LogP contribution is 2.28. The van der Waals surface area contributed by atoms with Crippen LogP contribution in [0.3, 0.4) is 0 Å². The summed E-state index contributed by atoms with van der Waals surface area (Å²) in [4.78, 5) is 14.1. The molecule has 0 aliphatic carbocycles. The molecule has 1 aromatic rings. The summed E-state index contributed by atoms with van der Waals surface area (Å²) in [5.41, 5.74) is 7.29. The maximum atomic E-state index is 13.2. The minimum absolute atomic E-state index is 0. The fourth-order valence-electron chi connectivity index (χ4n) is 2.73. The average molecular weight is 315 g/mol. The summed E-state index contributed by atoms with van der Waals surface area (Å²) in [5.74, 6) is -0.0647. The third-order valence-corrected chi connectivity index (χ3v) is 3.81. The number of hydrogen-bond acceptors (Lipinski definition) is 2. The molecule has 3 nitrogen and oxygen atoms in total. The minimum atomic E-state index is -0.222. The van der Waals surface area contributed by atoms with Crippen LogP contribution in [0.2, 0.25) is 0 Å². The smallest absolute Gasteiger partial charge is 0.226 e. The molecule has 2 rings (SSSR count). The highest BCUT2D eigenvalue weighted by molar-refractivity contribution is 5.94. The van der Waals surface area contributed by atoms with Crippen molar-refractivity contribution in [3.63, 3.8) is 0 Å². The predicted molar refractivity (Wildman–Crippen MR) is 86.5 cm³/mol. The summed E-state index contributed by atoms with van der Waals surface area (Å²) in [6.07, 6.45) is 6.41. The first kappa shape index (κ1) is 17.9. The molecule has 118 valence electrons. The summed E-state index contributed by atoms with van der Waals surface area (Å²) in [7, 11) is 0. The molecule has 0 unspecified atom stereocenters. The second-order valence-corrected chi connectivity index (χ2v) is 5.37. The summed E-state index contributed by atoms with van der Waals surface area (Å²) in [5, 5.41) is 0. The zero-order valence-corrected chi connectivity index (χ0v) is 13.1. The third-order valence-electron chi connectivity index (χ3n) is 3.81. The van der Waals surface area contributed by atoms with Crippen LogP contribution in [-0.2, 0) is 11.2 Å². The molecule has 0 saturated carbocycles. The van der Waals surface area contributed by atoms with Gasteiger partial charge < -0.3 is 10.6 Å². The molecule has 0 radical (unpaired) electrons. The van der Waals surface area contributed by atoms with Crippen molar-refractivity contribution < 1.29 is 9.18 Å². The van der Waals surface area contributed by atoms with E-state index in [-0.39, 0.29) is 24.1 Å². The van der Waals surface area contributed by atoms with Gasteiger partial charge >= 0.3 is 0 Å². The lowest BCUT2D eigenvalue weighted by atomic mass is 10.0. The first-order valence-corrected chi connectivity index (χ1v) is 7.51. The first-order valence-electron chi connectivity index (χ1n) is 7.51. The van der Waals surface area contributed by atoms with Gasteiger partial charge in [-0.25, -0.2) is 4.39 Å². The van der Waals surface area contributed by atoms with Crippen molar-refractivity contribution in [3.8, 4) is 0 Å². The Kier molecular flexibility index (Phi) is 7.68. The SMILES string of the molecule is Cl.NCCCCCCC(=O)N1CCCc2cc(F)ccc21. The minimum Gasteiger partial charge on any atom is -0.330 e. The van der Waals surface area contributed by atoms with E-state index in [9.17, 15) is 9.18 Å². The Bertz CT molecular complexity index is 468. The molecule has 0 bridgehead atoms. The van der Waals surface area contributed by atoms with Crippen molar-refractivity contribution in [1.29, 1.82) is 0 Å². The first-order chi connectivity index (χ1) is 9.72. The molecule has 0 aromatic heterocycles. The Labute approximate surface area is 132 Å². The molecule has 1 aromatic carbocycles. The van der Waals surface area contributed by atoms with Gasteiger partial charge in [-0.15, -0.1) is 12.4 Å². The topological polar surface area (TPSA) is 46.3 Å². The van der Waals surface area contributed by atoms with Crippen LogP contribution in [0.25, 0.3) is 0 Å². The van der Waals surface area contributed by atoms with Gasteiger partial charge in [0.05, 0.1) is 0 Å². The van der Waals surface area contributed by atoms with E-state index in [1.54, 1.807) is 12.1 Å². The van der Waals surface area contributed by atoms with E-state index in [0.29, 0.717) is 6.42 Å². The highest BCUT2D eigenvalue weighted by atomic mass is 35.5. The molecular weight excluding hydrogens is 291 g/mol. The molecule has 21 heavy (non-hydrogen) atoms. The van der Waals surface area contributed by atoms with Gasteiger partial charge in [-0.05, 0) is 56.0 Å². The number of nitrogens with two attached hydrogens (primary N) is 1. The van der Waals surface area contributed by atoms with E-state index in [0.717, 1.165) is 62.9 Å². The zero-order valence-electron chi connectivity index (χ0n) is 12.3. The lowest BCUT2D eigenvalue weighted by molar-refractivity contribution is -0.118. The highest BCUT2D eigenvalue weighted by Gasteiger charge is 2.22. The van der Waals surface area contributed by atoms with Crippen molar-refractivity contribution in [2.24, 2.45) is 5.73 Å². The molecule has 2 N–H and O–H groups in total. The summed E-state index contributed by atoms with van der Waals surface area (Å²) in [6.45, 7) is 1.47. The van der Waals surface area contributed by atoms with Crippen molar-refractivity contribution in [2.45, 2.75) is 44.9 Å². The van der Waals surface area contributed by atoms with Crippen LogP contribution in [0.5, 0.6) is 0 Å². The van der Waals surface area contributed by atoms with Crippen molar-refractivity contribution in [1.82, 2.24) is 0 Å². The van der Waals surface area contributed by atoms with Gasteiger partial charge in [-0.3, -0.25) is 4.79 Å². The van der Waals surface area contributed by atoms with Crippen LogP contribution >= 0.6 is 12.4 Å². The standard InChI is InChI=1S/C16H23FN2O.ClH/c17-14-8-9-15-13(12-14)6-5-11-19(15)16(20)7-3-1-2-4-10-18;/h8-9,12H,1-7,10-11,18H2;1H. The number of halogens is 2. The van der Waals surface area contributed by atoms with Crippen molar-refractivity contribution >= 4 is 24.0 Å². The number of unbranched alkanes of at least 4 members (excludes halogenated alkanes) is 3. The van der Waals surface area contributed by atoms with Gasteiger partial charge in [-0.2, -0.15) is 0 Å². The lowest BCUT2D eigenvalue weighted by Crippen LogP contribution is -2.35. The molecule has 1 aliphatic rings. The number of anilines is 1. The maximum Gasteiger partial charge on any atom is 0.226 e. The van der Waals surface area contributed by atoms with Crippen LogP contribution in [0.15, 0.2) is 18.2 Å². The third kappa shape index (κ3) is 4.97. The Morgan fingerprint density at radius 3 is 2.76 bits per heavy atom. The number of nitrogens with zero attached hydrogens (tertiary/aromatic N) is 1. The monoisotopic (exact) mass is 314 g/mol. The van der Waals surface area contributed by atoms with Crippen LogP contribution in [0.1, 0.15) is 44.1 Å². The fourth-order valence-corrected chi connectivity index (χ4v) is 2.73. The Morgan fingerprint density at radius 1 is 1.24 bits per heavy atom. The largest absolute Gasteiger partial charge is 0.330 e. The number of carbonyl (C=O) groups is 1. The number of benzene rings is 1. The molecule has 1 heterocycles. The second-order valence-electron chi connectivity index (χ2n) is 5.37.